The molecule has 1 heterocycles. The van der Waals surface area contributed by atoms with Crippen LogP contribution in [0.1, 0.15) is 20.3 Å². The zero-order valence-corrected chi connectivity index (χ0v) is 7.22. The second kappa shape index (κ2) is 2.95. The highest BCUT2D eigenvalue weighted by Crippen LogP contribution is 2.30. The molecule has 1 heteroatoms. The van der Waals surface area contributed by atoms with E-state index in [0.29, 0.717) is 0 Å². The van der Waals surface area contributed by atoms with Crippen LogP contribution in [0.15, 0.2) is 36.7 Å². The van der Waals surface area contributed by atoms with Crippen LogP contribution in [0.25, 0.3) is 0 Å². The van der Waals surface area contributed by atoms with Crippen LogP contribution in [0.3, 0.4) is 0 Å². The van der Waals surface area contributed by atoms with E-state index in [0.717, 1.165) is 12.1 Å². The summed E-state index contributed by atoms with van der Waals surface area (Å²) in [4.78, 5) is 0. The first-order chi connectivity index (χ1) is 5.19. The van der Waals surface area contributed by atoms with Gasteiger partial charge in [0, 0.05) is 17.3 Å². The molecule has 0 aromatic heterocycles. The Morgan fingerprint density at radius 2 is 2.27 bits per heavy atom. The van der Waals surface area contributed by atoms with Crippen LogP contribution in [-0.4, -0.2) is 0 Å². The molecule has 1 unspecified atom stereocenters. The van der Waals surface area contributed by atoms with Gasteiger partial charge < -0.3 is 5.32 Å². The molecule has 1 nitrogen and oxygen atoms in total. The van der Waals surface area contributed by atoms with Crippen molar-refractivity contribution in [2.45, 2.75) is 20.3 Å². The van der Waals surface area contributed by atoms with Gasteiger partial charge >= 0.3 is 0 Å². The molecule has 0 aromatic rings. The quantitative estimate of drug-likeness (QED) is 0.604. The Kier molecular flexibility index (Phi) is 2.18. The average molecular weight is 149 g/mol. The van der Waals surface area contributed by atoms with E-state index in [1.807, 2.05) is 12.3 Å². The van der Waals surface area contributed by atoms with Crippen LogP contribution < -0.4 is 5.32 Å². The Labute approximate surface area is 68.5 Å². The van der Waals surface area contributed by atoms with Crippen LogP contribution in [0.4, 0.5) is 0 Å². The van der Waals surface area contributed by atoms with Gasteiger partial charge in [-0.1, -0.05) is 32.6 Å². The van der Waals surface area contributed by atoms with Crippen molar-refractivity contribution in [1.29, 1.82) is 0 Å². The summed E-state index contributed by atoms with van der Waals surface area (Å²) in [5.74, 6) is 0. The highest BCUT2D eigenvalue weighted by atomic mass is 14.9. The van der Waals surface area contributed by atoms with E-state index in [2.05, 4.69) is 37.9 Å². The van der Waals surface area contributed by atoms with Gasteiger partial charge in [0.2, 0.25) is 0 Å². The summed E-state index contributed by atoms with van der Waals surface area (Å²) < 4.78 is 0. The zero-order chi connectivity index (χ0) is 8.32. The molecule has 0 saturated heterocycles. The van der Waals surface area contributed by atoms with E-state index in [1.165, 1.54) is 0 Å². The molecule has 0 aliphatic carbocycles. The Morgan fingerprint density at radius 1 is 1.55 bits per heavy atom. The van der Waals surface area contributed by atoms with Crippen LogP contribution in [0, 0.1) is 5.41 Å². The fraction of sp³-hybridized carbons (Fsp3) is 0.400. The summed E-state index contributed by atoms with van der Waals surface area (Å²) in [6.45, 7) is 8.34. The summed E-state index contributed by atoms with van der Waals surface area (Å²) >= 11 is 0. The maximum Gasteiger partial charge on any atom is 0.0249 e. The molecule has 1 rings (SSSR count). The molecule has 0 amide bonds. The lowest BCUT2D eigenvalue weighted by Gasteiger charge is -2.25. The first kappa shape index (κ1) is 8.12. The predicted octanol–water partition coefficient (Wildman–Crippen LogP) is 2.59. The van der Waals surface area contributed by atoms with Crippen LogP contribution in [-0.2, 0) is 0 Å². The molecule has 0 radical (unpaired) electrons. The second-order valence-electron chi connectivity index (χ2n) is 3.11. The molecule has 0 fully saturated rings. The van der Waals surface area contributed by atoms with Crippen molar-refractivity contribution in [3.05, 3.63) is 36.7 Å². The number of hydrogen-bond acceptors (Lipinski definition) is 1. The van der Waals surface area contributed by atoms with Gasteiger partial charge in [0.05, 0.1) is 0 Å². The summed E-state index contributed by atoms with van der Waals surface area (Å²) in [5, 5.41) is 3.15. The van der Waals surface area contributed by atoms with Gasteiger partial charge in [-0.05, 0) is 12.5 Å². The molecular weight excluding hydrogens is 134 g/mol. The van der Waals surface area contributed by atoms with Gasteiger partial charge in [-0.25, -0.2) is 0 Å². The molecule has 0 saturated carbocycles. The topological polar surface area (TPSA) is 12.0 Å². The smallest absolute Gasteiger partial charge is 0.0249 e. The summed E-state index contributed by atoms with van der Waals surface area (Å²) in [6.07, 6.45) is 9.24. The fourth-order valence-electron chi connectivity index (χ4n) is 1.07. The first-order valence-corrected chi connectivity index (χ1v) is 3.99. The zero-order valence-electron chi connectivity index (χ0n) is 7.22. The minimum absolute atomic E-state index is 0.115. The maximum absolute atomic E-state index is 3.98. The van der Waals surface area contributed by atoms with Gasteiger partial charge in [-0.15, -0.1) is 0 Å². The Morgan fingerprint density at radius 3 is 2.91 bits per heavy atom. The Bertz CT molecular complexity index is 213. The lowest BCUT2D eigenvalue weighted by Crippen LogP contribution is -2.21. The third-order valence-electron chi connectivity index (χ3n) is 2.35. The summed E-state index contributed by atoms with van der Waals surface area (Å²) in [7, 11) is 0. The van der Waals surface area contributed by atoms with Gasteiger partial charge in [-0.3, -0.25) is 0 Å². The van der Waals surface area contributed by atoms with Crippen molar-refractivity contribution in [3.63, 3.8) is 0 Å². The molecule has 1 aliphatic heterocycles. The second-order valence-corrected chi connectivity index (χ2v) is 3.11. The van der Waals surface area contributed by atoms with Crippen molar-refractivity contribution in [1.82, 2.24) is 5.32 Å². The predicted molar refractivity (Wildman–Crippen MR) is 49.0 cm³/mol. The first-order valence-electron chi connectivity index (χ1n) is 3.99. The summed E-state index contributed by atoms with van der Waals surface area (Å²) in [5.41, 5.74) is 1.19. The molecular formula is C10H15N. The molecule has 60 valence electrons. The fourth-order valence-corrected chi connectivity index (χ4v) is 1.07. The lowest BCUT2D eigenvalue weighted by atomic mass is 9.84. The van der Waals surface area contributed by atoms with Gasteiger partial charge in [0.1, 0.15) is 0 Å². The van der Waals surface area contributed by atoms with Crippen molar-refractivity contribution in [3.8, 4) is 0 Å². The maximum atomic E-state index is 3.98. The van der Waals surface area contributed by atoms with E-state index >= 15 is 0 Å². The molecule has 0 aromatic carbocycles. The number of nitrogens with one attached hydrogen (secondary N) is 1. The van der Waals surface area contributed by atoms with Crippen molar-refractivity contribution in [2.75, 3.05) is 0 Å². The average Bonchev–Trinajstić information content (AvgIpc) is 2.16. The largest absolute Gasteiger partial charge is 0.365 e. The molecule has 0 bridgehead atoms. The van der Waals surface area contributed by atoms with Crippen LogP contribution in [0.2, 0.25) is 0 Å². The monoisotopic (exact) mass is 149 g/mol. The third kappa shape index (κ3) is 1.53. The molecule has 1 aliphatic rings. The SMILES string of the molecule is C=C1NC=CC=CC1(C)CC. The highest BCUT2D eigenvalue weighted by Gasteiger charge is 2.22. The number of allylic oxidation sites excluding steroid dienone is 3. The number of rotatable bonds is 1. The van der Waals surface area contributed by atoms with E-state index in [-0.39, 0.29) is 5.41 Å². The van der Waals surface area contributed by atoms with E-state index in [1.54, 1.807) is 0 Å². The van der Waals surface area contributed by atoms with E-state index in [4.69, 9.17) is 0 Å². The van der Waals surface area contributed by atoms with Crippen molar-refractivity contribution in [2.24, 2.45) is 5.41 Å². The standard InChI is InChI=1S/C10H15N/c1-4-10(3)7-5-6-8-11-9(10)2/h5-8,11H,2,4H2,1,3H3. The Hall–Kier alpha value is -0.980. The normalized spacial score (nSPS) is 29.8. The van der Waals surface area contributed by atoms with Crippen molar-refractivity contribution < 1.29 is 0 Å². The lowest BCUT2D eigenvalue weighted by molar-refractivity contribution is 0.476. The van der Waals surface area contributed by atoms with Crippen molar-refractivity contribution >= 4 is 0 Å². The minimum Gasteiger partial charge on any atom is -0.365 e. The molecule has 0 spiro atoms. The highest BCUT2D eigenvalue weighted by molar-refractivity contribution is 5.24. The molecule has 1 atom stereocenters. The van der Waals surface area contributed by atoms with E-state index in [9.17, 15) is 0 Å². The summed E-state index contributed by atoms with van der Waals surface area (Å²) in [6, 6.07) is 0. The molecule has 1 N–H and O–H groups in total. The minimum atomic E-state index is 0.115. The Balaban J connectivity index is 2.87. The third-order valence-corrected chi connectivity index (χ3v) is 2.35. The number of hydrogen-bond donors (Lipinski definition) is 1. The van der Waals surface area contributed by atoms with Crippen LogP contribution in [0.5, 0.6) is 0 Å². The van der Waals surface area contributed by atoms with Gasteiger partial charge in [0.25, 0.3) is 0 Å². The van der Waals surface area contributed by atoms with Gasteiger partial charge in [-0.2, -0.15) is 0 Å². The van der Waals surface area contributed by atoms with Crippen LogP contribution >= 0.6 is 0 Å². The van der Waals surface area contributed by atoms with Gasteiger partial charge in [0.15, 0.2) is 0 Å². The molecule has 11 heavy (non-hydrogen) atoms. The van der Waals surface area contributed by atoms with E-state index < -0.39 is 0 Å².